The molecule has 1 fully saturated rings. The van der Waals surface area contributed by atoms with Gasteiger partial charge in [0.15, 0.2) is 11.6 Å². The fourth-order valence-electron chi connectivity index (χ4n) is 3.45. The maximum absolute atomic E-state index is 13.8. The smallest absolute Gasteiger partial charge is 0.319 e. The van der Waals surface area contributed by atoms with Crippen LogP contribution in [0.3, 0.4) is 0 Å². The van der Waals surface area contributed by atoms with Crippen LogP contribution in [0, 0.1) is 17.1 Å². The fourth-order valence-corrected chi connectivity index (χ4v) is 3.45. The molecule has 1 saturated heterocycles. The van der Waals surface area contributed by atoms with Gasteiger partial charge in [-0.05, 0) is 48.2 Å². The van der Waals surface area contributed by atoms with Crippen LogP contribution in [0.15, 0.2) is 42.5 Å². The Morgan fingerprint density at radius 2 is 1.90 bits per heavy atom. The van der Waals surface area contributed by atoms with Gasteiger partial charge in [-0.25, -0.2) is 9.18 Å². The highest BCUT2D eigenvalue weighted by atomic mass is 19.1. The molecule has 0 radical (unpaired) electrons. The molecule has 1 heterocycles. The maximum Gasteiger partial charge on any atom is 0.319 e. The zero-order valence-electron chi connectivity index (χ0n) is 16.5. The number of methoxy groups -OCH3 is 1. The predicted octanol–water partition coefficient (Wildman–Crippen LogP) is 3.69. The largest absolute Gasteiger partial charge is 0.494 e. The number of urea groups is 1. The summed E-state index contributed by atoms with van der Waals surface area (Å²) in [7, 11) is 1.45. The summed E-state index contributed by atoms with van der Waals surface area (Å²) >= 11 is 0. The highest BCUT2D eigenvalue weighted by Gasteiger charge is 2.21. The number of benzene rings is 2. The Bertz CT molecular complexity index is 871. The van der Waals surface area contributed by atoms with Gasteiger partial charge in [0.25, 0.3) is 0 Å². The number of rotatable bonds is 6. The lowest BCUT2D eigenvalue weighted by Crippen LogP contribution is -2.45. The van der Waals surface area contributed by atoms with Gasteiger partial charge in [-0.3, -0.25) is 4.90 Å². The van der Waals surface area contributed by atoms with Crippen LogP contribution in [0.5, 0.6) is 5.75 Å². The summed E-state index contributed by atoms with van der Waals surface area (Å²) in [6.45, 7) is 2.35. The summed E-state index contributed by atoms with van der Waals surface area (Å²) < 4.78 is 18.8. The van der Waals surface area contributed by atoms with E-state index in [0.717, 1.165) is 37.1 Å². The van der Waals surface area contributed by atoms with E-state index in [4.69, 9.17) is 10.00 Å². The molecule has 0 spiro atoms. The van der Waals surface area contributed by atoms with E-state index in [1.807, 2.05) is 18.2 Å². The van der Waals surface area contributed by atoms with Gasteiger partial charge in [-0.15, -0.1) is 0 Å². The fraction of sp³-hybridized carbons (Fsp3) is 0.364. The van der Waals surface area contributed by atoms with Gasteiger partial charge < -0.3 is 15.4 Å². The average Bonchev–Trinajstić information content (AvgIpc) is 2.71. The van der Waals surface area contributed by atoms with Gasteiger partial charge in [0, 0.05) is 31.4 Å². The number of nitriles is 1. The summed E-state index contributed by atoms with van der Waals surface area (Å²) in [6.07, 6.45) is 2.04. The van der Waals surface area contributed by atoms with Crippen molar-refractivity contribution in [2.75, 3.05) is 25.5 Å². The Labute approximate surface area is 170 Å². The van der Waals surface area contributed by atoms with Crippen LogP contribution in [0.2, 0.25) is 0 Å². The quantitative estimate of drug-likeness (QED) is 0.781. The molecule has 29 heavy (non-hydrogen) atoms. The highest BCUT2D eigenvalue weighted by Crippen LogP contribution is 2.20. The lowest BCUT2D eigenvalue weighted by Gasteiger charge is -2.32. The first kappa shape index (κ1) is 20.6. The van der Waals surface area contributed by atoms with Crippen LogP contribution >= 0.6 is 0 Å². The third-order valence-corrected chi connectivity index (χ3v) is 5.04. The van der Waals surface area contributed by atoms with Crippen molar-refractivity contribution in [1.29, 1.82) is 5.26 Å². The molecule has 0 aromatic heterocycles. The molecule has 6 nitrogen and oxygen atoms in total. The van der Waals surface area contributed by atoms with E-state index in [0.29, 0.717) is 18.7 Å². The van der Waals surface area contributed by atoms with Crippen LogP contribution in [-0.2, 0) is 13.0 Å². The topological polar surface area (TPSA) is 77.4 Å². The highest BCUT2D eigenvalue weighted by molar-refractivity contribution is 5.89. The molecule has 2 amide bonds. The summed E-state index contributed by atoms with van der Waals surface area (Å²) in [4.78, 5) is 14.5. The molecule has 2 N–H and O–H groups in total. The number of nitrogens with one attached hydrogen (secondary N) is 2. The van der Waals surface area contributed by atoms with E-state index < -0.39 is 0 Å². The van der Waals surface area contributed by atoms with Crippen molar-refractivity contribution in [2.24, 2.45) is 0 Å². The second-order valence-electron chi connectivity index (χ2n) is 7.15. The molecule has 3 rings (SSSR count). The van der Waals surface area contributed by atoms with E-state index >= 15 is 0 Å². The SMILES string of the molecule is COc1ccc(CN2CCC(NC(=O)Nc3ccc(CC#N)cc3)CC2)cc1F. The van der Waals surface area contributed by atoms with Gasteiger partial charge in [0.1, 0.15) is 0 Å². The Morgan fingerprint density at radius 1 is 1.21 bits per heavy atom. The Hall–Kier alpha value is -3.11. The van der Waals surface area contributed by atoms with Crippen molar-refractivity contribution < 1.29 is 13.9 Å². The Morgan fingerprint density at radius 3 is 2.52 bits per heavy atom. The minimum atomic E-state index is -0.348. The van der Waals surface area contributed by atoms with Crippen LogP contribution in [0.1, 0.15) is 24.0 Å². The molecule has 1 aliphatic rings. The number of carbonyl (C=O) groups is 1. The lowest BCUT2D eigenvalue weighted by atomic mass is 10.0. The molecule has 152 valence electrons. The number of halogens is 1. The van der Waals surface area contributed by atoms with E-state index in [1.165, 1.54) is 13.2 Å². The van der Waals surface area contributed by atoms with E-state index in [-0.39, 0.29) is 23.6 Å². The molecule has 0 saturated carbocycles. The first-order chi connectivity index (χ1) is 14.1. The number of amides is 2. The van der Waals surface area contributed by atoms with Gasteiger partial charge in [0.2, 0.25) is 0 Å². The van der Waals surface area contributed by atoms with Crippen LogP contribution in [0.25, 0.3) is 0 Å². The molecular weight excluding hydrogens is 371 g/mol. The third-order valence-electron chi connectivity index (χ3n) is 5.04. The zero-order chi connectivity index (χ0) is 20.6. The summed E-state index contributed by atoms with van der Waals surface area (Å²) in [6, 6.07) is 14.3. The van der Waals surface area contributed by atoms with Crippen LogP contribution in [0.4, 0.5) is 14.9 Å². The van der Waals surface area contributed by atoms with Crippen molar-refractivity contribution in [2.45, 2.75) is 31.8 Å². The van der Waals surface area contributed by atoms with Crippen molar-refractivity contribution in [3.05, 3.63) is 59.4 Å². The number of likely N-dealkylation sites (tertiary alicyclic amines) is 1. The number of hydrogen-bond donors (Lipinski definition) is 2. The van der Waals surface area contributed by atoms with Gasteiger partial charge in [-0.2, -0.15) is 5.26 Å². The normalized spacial score (nSPS) is 14.8. The third kappa shape index (κ3) is 5.93. The second-order valence-corrected chi connectivity index (χ2v) is 7.15. The maximum atomic E-state index is 13.8. The first-order valence-corrected chi connectivity index (χ1v) is 9.65. The molecule has 0 atom stereocenters. The average molecular weight is 396 g/mol. The molecule has 7 heteroatoms. The summed E-state index contributed by atoms with van der Waals surface area (Å²) in [5.74, 6) is -0.0961. The van der Waals surface area contributed by atoms with E-state index in [1.54, 1.807) is 18.2 Å². The first-order valence-electron chi connectivity index (χ1n) is 9.65. The molecule has 1 aliphatic heterocycles. The monoisotopic (exact) mass is 396 g/mol. The number of piperidine rings is 1. The summed E-state index contributed by atoms with van der Waals surface area (Å²) in [5, 5.41) is 14.5. The molecule has 2 aromatic carbocycles. The number of ether oxygens (including phenoxy) is 1. The standard InChI is InChI=1S/C22H25FN4O2/c1-29-21-7-4-17(14-20(21)23)15-27-12-9-19(10-13-27)26-22(28)25-18-5-2-16(3-6-18)8-11-24/h2-7,14,19H,8-10,12-13,15H2,1H3,(H2,25,26,28). The minimum absolute atomic E-state index is 0.108. The number of nitrogens with zero attached hydrogens (tertiary/aromatic N) is 2. The van der Waals surface area contributed by atoms with Crippen molar-refractivity contribution in [3.8, 4) is 11.8 Å². The molecule has 0 bridgehead atoms. The van der Waals surface area contributed by atoms with Gasteiger partial charge >= 0.3 is 6.03 Å². The Kier molecular flexibility index (Phi) is 7.04. The Balaban J connectivity index is 1.42. The molecule has 0 aliphatic carbocycles. The van der Waals surface area contributed by atoms with Crippen molar-refractivity contribution >= 4 is 11.7 Å². The zero-order valence-corrected chi connectivity index (χ0v) is 16.5. The van der Waals surface area contributed by atoms with Gasteiger partial charge in [-0.1, -0.05) is 18.2 Å². The lowest BCUT2D eigenvalue weighted by molar-refractivity contribution is 0.189. The van der Waals surface area contributed by atoms with Crippen LogP contribution < -0.4 is 15.4 Å². The van der Waals surface area contributed by atoms with Crippen molar-refractivity contribution in [1.82, 2.24) is 10.2 Å². The van der Waals surface area contributed by atoms with Gasteiger partial charge in [0.05, 0.1) is 19.6 Å². The molecule has 0 unspecified atom stereocenters. The molecule has 2 aromatic rings. The summed E-state index contributed by atoms with van der Waals surface area (Å²) in [5.41, 5.74) is 2.53. The second kappa shape index (κ2) is 9.89. The minimum Gasteiger partial charge on any atom is -0.494 e. The van der Waals surface area contributed by atoms with Crippen LogP contribution in [-0.4, -0.2) is 37.2 Å². The predicted molar refractivity (Wildman–Crippen MR) is 109 cm³/mol. The van der Waals surface area contributed by atoms with E-state index in [9.17, 15) is 9.18 Å². The van der Waals surface area contributed by atoms with E-state index in [2.05, 4.69) is 21.6 Å². The number of hydrogen-bond acceptors (Lipinski definition) is 4. The van der Waals surface area contributed by atoms with Crippen molar-refractivity contribution in [3.63, 3.8) is 0 Å². The number of anilines is 1. The molecular formula is C22H25FN4O2. The number of carbonyl (C=O) groups excluding carboxylic acids is 1.